The molecule has 1 atom stereocenters. The van der Waals surface area contributed by atoms with Gasteiger partial charge in [-0.3, -0.25) is 9.78 Å². The molecule has 8 nitrogen and oxygen atoms in total. The smallest absolute Gasteiger partial charge is 0.255 e. The third-order valence-electron chi connectivity index (χ3n) is 6.78. The first-order valence-electron chi connectivity index (χ1n) is 13.1. The summed E-state index contributed by atoms with van der Waals surface area (Å²) >= 11 is 1.98. The van der Waals surface area contributed by atoms with Gasteiger partial charge in [0.1, 0.15) is 29.7 Å². The fourth-order valence-corrected chi connectivity index (χ4v) is 5.60. The Bertz CT molecular complexity index is 1600. The van der Waals surface area contributed by atoms with Crippen molar-refractivity contribution in [2.45, 2.75) is 18.3 Å². The lowest BCUT2D eigenvalue weighted by Gasteiger charge is -2.10. The molecule has 0 saturated carbocycles. The molecule has 3 heterocycles. The van der Waals surface area contributed by atoms with Gasteiger partial charge in [0.25, 0.3) is 5.91 Å². The molecule has 0 spiro atoms. The minimum atomic E-state index is -0.189. The van der Waals surface area contributed by atoms with E-state index in [1.54, 1.807) is 24.5 Å². The second-order valence-corrected chi connectivity index (χ2v) is 10.9. The molecule has 1 amide bonds. The predicted molar refractivity (Wildman–Crippen MR) is 158 cm³/mol. The normalized spacial score (nSPS) is 14.8. The Labute approximate surface area is 236 Å². The number of rotatable bonds is 9. The van der Waals surface area contributed by atoms with Gasteiger partial charge in [-0.25, -0.2) is 4.98 Å². The van der Waals surface area contributed by atoms with Crippen molar-refractivity contribution >= 4 is 34.4 Å². The first-order chi connectivity index (χ1) is 19.6. The topological polar surface area (TPSA) is 90.3 Å². The van der Waals surface area contributed by atoms with Gasteiger partial charge < -0.3 is 24.7 Å². The van der Waals surface area contributed by atoms with E-state index in [1.165, 1.54) is 5.56 Å². The number of hydrogen-bond donors (Lipinski definition) is 2. The summed E-state index contributed by atoms with van der Waals surface area (Å²) in [6.07, 6.45) is 4.25. The molecular weight excluding hydrogens is 522 g/mol. The fourth-order valence-electron chi connectivity index (χ4n) is 4.58. The number of carbonyl (C=O) groups excluding carboxylic acids is 1. The van der Waals surface area contributed by atoms with Crippen LogP contribution in [0, 0.1) is 0 Å². The fraction of sp³-hybridized carbons (Fsp3) is 0.194. The standard InChI is InChI=1S/C31H29N5O3S/c1-36-29-17-26(39-25-8-4-23(5-9-25)34-31(37)22-12-14-32-15-13-22)10-11-28(29)35-30(36)19-38-24-6-2-21(3-7-24)16-27-18-33-20-40-27/h2-15,17,27,33H,16,18-20H2,1H3,(H,34,37). The van der Waals surface area contributed by atoms with Crippen LogP contribution in [0.5, 0.6) is 17.2 Å². The van der Waals surface area contributed by atoms with Crippen LogP contribution in [-0.2, 0) is 20.1 Å². The highest BCUT2D eigenvalue weighted by molar-refractivity contribution is 8.00. The van der Waals surface area contributed by atoms with E-state index in [-0.39, 0.29) is 5.91 Å². The molecule has 5 aromatic rings. The van der Waals surface area contributed by atoms with Crippen LogP contribution in [0.4, 0.5) is 5.69 Å². The van der Waals surface area contributed by atoms with Crippen LogP contribution in [-0.4, -0.2) is 38.1 Å². The second-order valence-electron chi connectivity index (χ2n) is 9.58. The van der Waals surface area contributed by atoms with E-state index >= 15 is 0 Å². The van der Waals surface area contributed by atoms with E-state index in [1.807, 2.05) is 78.0 Å². The first kappa shape index (κ1) is 25.9. The van der Waals surface area contributed by atoms with Gasteiger partial charge in [-0.2, -0.15) is 0 Å². The quantitative estimate of drug-likeness (QED) is 0.239. The van der Waals surface area contributed by atoms with E-state index in [0.29, 0.717) is 34.6 Å². The summed E-state index contributed by atoms with van der Waals surface area (Å²) in [7, 11) is 1.98. The molecule has 2 aromatic heterocycles. The number of amides is 1. The van der Waals surface area contributed by atoms with Crippen molar-refractivity contribution in [3.05, 3.63) is 108 Å². The number of nitrogens with zero attached hydrogens (tertiary/aromatic N) is 3. The summed E-state index contributed by atoms with van der Waals surface area (Å²) < 4.78 is 14.2. The minimum Gasteiger partial charge on any atom is -0.486 e. The zero-order chi connectivity index (χ0) is 27.3. The Balaban J connectivity index is 1.07. The van der Waals surface area contributed by atoms with Gasteiger partial charge in [-0.15, -0.1) is 11.8 Å². The van der Waals surface area contributed by atoms with Crippen LogP contribution in [0.1, 0.15) is 21.7 Å². The van der Waals surface area contributed by atoms with Gasteiger partial charge in [0.2, 0.25) is 0 Å². The Kier molecular flexibility index (Phi) is 7.65. The first-order valence-corrected chi connectivity index (χ1v) is 14.1. The second kappa shape index (κ2) is 11.8. The molecule has 202 valence electrons. The van der Waals surface area contributed by atoms with Crippen molar-refractivity contribution in [2.75, 3.05) is 17.7 Å². The SMILES string of the molecule is Cn1c(COc2ccc(CC3CNCS3)cc2)nc2ccc(Oc3ccc(NC(=O)c4ccncc4)cc3)cc21. The van der Waals surface area contributed by atoms with Crippen LogP contribution in [0.3, 0.4) is 0 Å². The Morgan fingerprint density at radius 1 is 1.00 bits per heavy atom. The third kappa shape index (κ3) is 6.11. The summed E-state index contributed by atoms with van der Waals surface area (Å²) in [6.45, 7) is 1.44. The molecule has 0 aliphatic carbocycles. The number of aryl methyl sites for hydroxylation is 1. The highest BCUT2D eigenvalue weighted by Crippen LogP contribution is 2.28. The summed E-state index contributed by atoms with van der Waals surface area (Å²) in [4.78, 5) is 21.1. The number of imidazole rings is 1. The third-order valence-corrected chi connectivity index (χ3v) is 7.96. The predicted octanol–water partition coefficient (Wildman–Crippen LogP) is 5.80. The van der Waals surface area contributed by atoms with Crippen molar-refractivity contribution in [1.82, 2.24) is 19.9 Å². The molecule has 1 aliphatic heterocycles. The van der Waals surface area contributed by atoms with Crippen molar-refractivity contribution < 1.29 is 14.3 Å². The van der Waals surface area contributed by atoms with Crippen molar-refractivity contribution in [3.8, 4) is 17.2 Å². The summed E-state index contributed by atoms with van der Waals surface area (Å²) in [5.41, 5.74) is 4.39. The molecule has 6 rings (SSSR count). The average Bonchev–Trinajstić information content (AvgIpc) is 3.61. The number of aromatic nitrogens is 3. The van der Waals surface area contributed by atoms with Gasteiger partial charge in [0, 0.05) is 54.4 Å². The van der Waals surface area contributed by atoms with E-state index in [9.17, 15) is 4.79 Å². The minimum absolute atomic E-state index is 0.189. The number of fused-ring (bicyclic) bond motifs is 1. The summed E-state index contributed by atoms with van der Waals surface area (Å²) in [5.74, 6) is 3.88. The van der Waals surface area contributed by atoms with Crippen molar-refractivity contribution in [1.29, 1.82) is 0 Å². The number of ether oxygens (including phenoxy) is 2. The van der Waals surface area contributed by atoms with Gasteiger partial charge >= 0.3 is 0 Å². The average molecular weight is 552 g/mol. The molecule has 2 N–H and O–H groups in total. The van der Waals surface area contributed by atoms with Crippen LogP contribution in [0.15, 0.2) is 91.3 Å². The largest absolute Gasteiger partial charge is 0.486 e. The van der Waals surface area contributed by atoms with E-state index in [2.05, 4.69) is 27.8 Å². The van der Waals surface area contributed by atoms with Gasteiger partial charge in [0.05, 0.1) is 11.0 Å². The Morgan fingerprint density at radius 3 is 2.50 bits per heavy atom. The van der Waals surface area contributed by atoms with Gasteiger partial charge in [-0.1, -0.05) is 12.1 Å². The van der Waals surface area contributed by atoms with Gasteiger partial charge in [-0.05, 0) is 72.6 Å². The lowest BCUT2D eigenvalue weighted by molar-refractivity contribution is 0.102. The van der Waals surface area contributed by atoms with E-state index in [0.717, 1.165) is 41.4 Å². The molecule has 40 heavy (non-hydrogen) atoms. The zero-order valence-corrected chi connectivity index (χ0v) is 22.9. The molecule has 1 fully saturated rings. The van der Waals surface area contributed by atoms with Crippen molar-refractivity contribution in [2.24, 2.45) is 7.05 Å². The van der Waals surface area contributed by atoms with Gasteiger partial charge in [0.15, 0.2) is 0 Å². The number of hydrogen-bond acceptors (Lipinski definition) is 7. The zero-order valence-electron chi connectivity index (χ0n) is 22.0. The summed E-state index contributed by atoms with van der Waals surface area (Å²) in [5, 5.41) is 6.91. The molecule has 0 radical (unpaired) electrons. The monoisotopic (exact) mass is 551 g/mol. The maximum Gasteiger partial charge on any atom is 0.255 e. The molecule has 1 aliphatic rings. The maximum atomic E-state index is 12.4. The summed E-state index contributed by atoms with van der Waals surface area (Å²) in [6, 6.07) is 24.8. The number of thioether (sulfide) groups is 1. The van der Waals surface area contributed by atoms with Crippen LogP contribution < -0.4 is 20.1 Å². The number of nitrogens with one attached hydrogen (secondary N) is 2. The van der Waals surface area contributed by atoms with Crippen LogP contribution >= 0.6 is 11.8 Å². The Hall–Kier alpha value is -4.34. The van der Waals surface area contributed by atoms with Crippen LogP contribution in [0.25, 0.3) is 11.0 Å². The van der Waals surface area contributed by atoms with Crippen LogP contribution in [0.2, 0.25) is 0 Å². The van der Waals surface area contributed by atoms with E-state index < -0.39 is 0 Å². The van der Waals surface area contributed by atoms with Crippen molar-refractivity contribution in [3.63, 3.8) is 0 Å². The lowest BCUT2D eigenvalue weighted by Crippen LogP contribution is -2.14. The molecule has 9 heteroatoms. The molecular formula is C31H29N5O3S. The maximum absolute atomic E-state index is 12.4. The van der Waals surface area contributed by atoms with E-state index in [4.69, 9.17) is 14.5 Å². The number of pyridine rings is 1. The number of benzene rings is 3. The molecule has 1 unspecified atom stereocenters. The molecule has 1 saturated heterocycles. The highest BCUT2D eigenvalue weighted by Gasteiger charge is 2.15. The highest BCUT2D eigenvalue weighted by atomic mass is 32.2. The molecule has 3 aromatic carbocycles. The number of carbonyl (C=O) groups is 1. The lowest BCUT2D eigenvalue weighted by atomic mass is 10.1. The Morgan fingerprint density at radius 2 is 1.75 bits per heavy atom. The molecule has 0 bridgehead atoms. The number of anilines is 1.